The van der Waals surface area contributed by atoms with E-state index < -0.39 is 15.8 Å². The molecule has 1 saturated heterocycles. The van der Waals surface area contributed by atoms with Crippen molar-refractivity contribution in [3.05, 3.63) is 30.1 Å². The predicted octanol–water partition coefficient (Wildman–Crippen LogP) is 1.44. The van der Waals surface area contributed by atoms with Crippen molar-refractivity contribution in [2.24, 2.45) is 0 Å². The highest BCUT2D eigenvalue weighted by molar-refractivity contribution is 7.89. The molecule has 1 heterocycles. The number of hydrogen-bond donors (Lipinski definition) is 1. The number of hydrogen-bond acceptors (Lipinski definition) is 4. The normalized spacial score (nSPS) is 17.0. The van der Waals surface area contributed by atoms with E-state index in [-0.39, 0.29) is 29.8 Å². The summed E-state index contributed by atoms with van der Waals surface area (Å²) in [5.41, 5.74) is 0. The maximum atomic E-state index is 12.9. The van der Waals surface area contributed by atoms with E-state index in [0.29, 0.717) is 6.42 Å². The van der Waals surface area contributed by atoms with Crippen molar-refractivity contribution in [3.8, 4) is 0 Å². The summed E-state index contributed by atoms with van der Waals surface area (Å²) >= 11 is 0. The predicted molar refractivity (Wildman–Crippen MR) is 94.1 cm³/mol. The van der Waals surface area contributed by atoms with E-state index in [9.17, 15) is 17.6 Å². The topological polar surface area (TPSA) is 69.7 Å². The minimum absolute atomic E-state index is 0.0397. The Morgan fingerprint density at radius 1 is 1.28 bits per heavy atom. The largest absolute Gasteiger partial charge is 0.353 e. The molecule has 0 bridgehead atoms. The lowest BCUT2D eigenvalue weighted by atomic mass is 10.1. The number of halogens is 1. The van der Waals surface area contributed by atoms with Gasteiger partial charge in [-0.25, -0.2) is 17.1 Å². The molecule has 1 aromatic carbocycles. The number of likely N-dealkylation sites (tertiary alicyclic amines) is 1. The summed E-state index contributed by atoms with van der Waals surface area (Å²) in [4.78, 5) is 14.3. The third-order valence-corrected chi connectivity index (χ3v) is 6.35. The van der Waals surface area contributed by atoms with E-state index in [0.717, 1.165) is 38.1 Å². The summed E-state index contributed by atoms with van der Waals surface area (Å²) in [5, 5.41) is 3.01. The standard InChI is InChI=1S/C17H26FN3O3S/c1-20-12-9-15(10-13-20)19-17(22)4-3-11-21(2)25(23,24)16-7-5-14(18)6-8-16/h5-8,15H,3-4,9-13H2,1-2H3,(H,19,22). The summed E-state index contributed by atoms with van der Waals surface area (Å²) < 4.78 is 38.9. The van der Waals surface area contributed by atoms with Crippen molar-refractivity contribution in [1.82, 2.24) is 14.5 Å². The van der Waals surface area contributed by atoms with Gasteiger partial charge in [-0.3, -0.25) is 4.79 Å². The molecule has 0 radical (unpaired) electrons. The van der Waals surface area contributed by atoms with Crippen LogP contribution in [0.2, 0.25) is 0 Å². The lowest BCUT2D eigenvalue weighted by molar-refractivity contribution is -0.122. The van der Waals surface area contributed by atoms with Gasteiger partial charge in [0.05, 0.1) is 4.90 Å². The second-order valence-corrected chi connectivity index (χ2v) is 8.57. The van der Waals surface area contributed by atoms with Crippen molar-refractivity contribution in [2.75, 3.05) is 33.7 Å². The van der Waals surface area contributed by atoms with Crippen LogP contribution < -0.4 is 5.32 Å². The summed E-state index contributed by atoms with van der Waals surface area (Å²) in [5.74, 6) is -0.519. The first-order chi connectivity index (χ1) is 11.8. The fraction of sp³-hybridized carbons (Fsp3) is 0.588. The second-order valence-electron chi connectivity index (χ2n) is 6.53. The second kappa shape index (κ2) is 8.73. The van der Waals surface area contributed by atoms with Gasteiger partial charge in [0.2, 0.25) is 15.9 Å². The molecule has 6 nitrogen and oxygen atoms in total. The van der Waals surface area contributed by atoms with Gasteiger partial charge in [-0.05, 0) is 63.7 Å². The van der Waals surface area contributed by atoms with Gasteiger partial charge in [0, 0.05) is 26.1 Å². The van der Waals surface area contributed by atoms with Gasteiger partial charge in [-0.2, -0.15) is 0 Å². The molecule has 1 N–H and O–H groups in total. The lowest BCUT2D eigenvalue weighted by Crippen LogP contribution is -2.43. The van der Waals surface area contributed by atoms with Crippen molar-refractivity contribution < 1.29 is 17.6 Å². The van der Waals surface area contributed by atoms with Crippen LogP contribution >= 0.6 is 0 Å². The van der Waals surface area contributed by atoms with E-state index in [4.69, 9.17) is 0 Å². The monoisotopic (exact) mass is 371 g/mol. The van der Waals surface area contributed by atoms with Crippen LogP contribution in [0.25, 0.3) is 0 Å². The number of piperidine rings is 1. The number of sulfonamides is 1. The summed E-state index contributed by atoms with van der Waals surface area (Å²) in [6, 6.07) is 4.94. The third-order valence-electron chi connectivity index (χ3n) is 4.48. The number of benzene rings is 1. The number of nitrogens with zero attached hydrogens (tertiary/aromatic N) is 2. The number of rotatable bonds is 7. The molecule has 25 heavy (non-hydrogen) atoms. The number of amides is 1. The molecular formula is C17H26FN3O3S. The van der Waals surface area contributed by atoms with Crippen LogP contribution in [-0.4, -0.2) is 63.3 Å². The highest BCUT2D eigenvalue weighted by atomic mass is 32.2. The molecule has 2 rings (SSSR count). The lowest BCUT2D eigenvalue weighted by Gasteiger charge is -2.29. The average Bonchev–Trinajstić information content (AvgIpc) is 2.57. The fourth-order valence-electron chi connectivity index (χ4n) is 2.82. The molecule has 0 aromatic heterocycles. The Balaban J connectivity index is 1.76. The van der Waals surface area contributed by atoms with E-state index in [2.05, 4.69) is 17.3 Å². The van der Waals surface area contributed by atoms with Gasteiger partial charge in [0.15, 0.2) is 0 Å². The Labute approximate surface area is 149 Å². The fourth-order valence-corrected chi connectivity index (χ4v) is 4.03. The molecule has 0 atom stereocenters. The molecule has 1 amide bonds. The molecule has 0 spiro atoms. The first-order valence-corrected chi connectivity index (χ1v) is 9.93. The third kappa shape index (κ3) is 5.76. The van der Waals surface area contributed by atoms with Crippen LogP contribution in [0.3, 0.4) is 0 Å². The first kappa shape index (κ1) is 19.8. The van der Waals surface area contributed by atoms with Gasteiger partial charge < -0.3 is 10.2 Å². The zero-order chi connectivity index (χ0) is 18.4. The molecule has 1 aliphatic rings. The molecule has 1 fully saturated rings. The van der Waals surface area contributed by atoms with E-state index >= 15 is 0 Å². The van der Waals surface area contributed by atoms with Gasteiger partial charge in [-0.15, -0.1) is 0 Å². The zero-order valence-electron chi connectivity index (χ0n) is 14.7. The number of nitrogens with one attached hydrogen (secondary N) is 1. The van der Waals surface area contributed by atoms with Gasteiger partial charge in [0.1, 0.15) is 5.82 Å². The smallest absolute Gasteiger partial charge is 0.242 e. The molecule has 140 valence electrons. The van der Waals surface area contributed by atoms with Crippen molar-refractivity contribution in [1.29, 1.82) is 0 Å². The Bertz CT molecular complexity index is 671. The molecule has 0 unspecified atom stereocenters. The van der Waals surface area contributed by atoms with Crippen LogP contribution in [0.15, 0.2) is 29.2 Å². The Morgan fingerprint density at radius 2 is 1.88 bits per heavy atom. The van der Waals surface area contributed by atoms with Crippen molar-refractivity contribution >= 4 is 15.9 Å². The SMILES string of the molecule is CN1CCC(NC(=O)CCCN(C)S(=O)(=O)c2ccc(F)cc2)CC1. The maximum absolute atomic E-state index is 12.9. The van der Waals surface area contributed by atoms with Crippen LogP contribution in [0.1, 0.15) is 25.7 Å². The molecule has 0 aliphatic carbocycles. The Morgan fingerprint density at radius 3 is 2.48 bits per heavy atom. The first-order valence-electron chi connectivity index (χ1n) is 8.49. The van der Waals surface area contributed by atoms with Gasteiger partial charge in [-0.1, -0.05) is 0 Å². The summed E-state index contributed by atoms with van der Waals surface area (Å²) in [6.45, 7) is 2.19. The highest BCUT2D eigenvalue weighted by Gasteiger charge is 2.21. The van der Waals surface area contributed by atoms with Gasteiger partial charge >= 0.3 is 0 Å². The van der Waals surface area contributed by atoms with Crippen LogP contribution in [0.4, 0.5) is 4.39 Å². The molecular weight excluding hydrogens is 345 g/mol. The van der Waals surface area contributed by atoms with Crippen LogP contribution in [-0.2, 0) is 14.8 Å². The van der Waals surface area contributed by atoms with Crippen LogP contribution in [0.5, 0.6) is 0 Å². The zero-order valence-corrected chi connectivity index (χ0v) is 15.6. The van der Waals surface area contributed by atoms with Gasteiger partial charge in [0.25, 0.3) is 0 Å². The van der Waals surface area contributed by atoms with E-state index in [1.807, 2.05) is 0 Å². The average molecular weight is 371 g/mol. The van der Waals surface area contributed by atoms with Crippen LogP contribution in [0, 0.1) is 5.82 Å². The molecule has 1 aromatic rings. The quantitative estimate of drug-likeness (QED) is 0.787. The Kier molecular flexibility index (Phi) is 6.92. The van der Waals surface area contributed by atoms with Crippen molar-refractivity contribution in [3.63, 3.8) is 0 Å². The number of carbonyl (C=O) groups is 1. The minimum Gasteiger partial charge on any atom is -0.353 e. The summed E-state index contributed by atoms with van der Waals surface area (Å²) in [6.07, 6.45) is 2.62. The number of carbonyl (C=O) groups excluding carboxylic acids is 1. The highest BCUT2D eigenvalue weighted by Crippen LogP contribution is 2.15. The molecule has 0 saturated carbocycles. The minimum atomic E-state index is -3.66. The van der Waals surface area contributed by atoms with Crippen molar-refractivity contribution in [2.45, 2.75) is 36.6 Å². The molecule has 8 heteroatoms. The Hall–Kier alpha value is -1.51. The summed E-state index contributed by atoms with van der Waals surface area (Å²) in [7, 11) is -0.127. The molecule has 1 aliphatic heterocycles. The maximum Gasteiger partial charge on any atom is 0.242 e. The van der Waals surface area contributed by atoms with E-state index in [1.54, 1.807) is 0 Å². The van der Waals surface area contributed by atoms with E-state index in [1.165, 1.54) is 23.5 Å².